The van der Waals surface area contributed by atoms with Crippen LogP contribution in [-0.2, 0) is 4.74 Å². The van der Waals surface area contributed by atoms with Gasteiger partial charge in [0.25, 0.3) is 0 Å². The van der Waals surface area contributed by atoms with Crippen LogP contribution in [0.15, 0.2) is 48.5 Å². The number of carbonyl (C=O) groups is 1. The first-order valence-corrected chi connectivity index (χ1v) is 6.97. The van der Waals surface area contributed by atoms with Gasteiger partial charge in [0.15, 0.2) is 11.5 Å². The molecule has 0 saturated carbocycles. The van der Waals surface area contributed by atoms with E-state index in [1.807, 2.05) is 48.5 Å². The van der Waals surface area contributed by atoms with Crippen molar-refractivity contribution in [3.05, 3.63) is 54.2 Å². The molecule has 0 amide bonds. The minimum absolute atomic E-state index is 0.198. The lowest BCUT2D eigenvalue weighted by atomic mass is 10.1. The molecule has 1 heterocycles. The molecule has 0 saturated heterocycles. The summed E-state index contributed by atoms with van der Waals surface area (Å²) in [5.74, 6) is 0.829. The van der Waals surface area contributed by atoms with E-state index in [4.69, 9.17) is 9.47 Å². The predicted molar refractivity (Wildman–Crippen MR) is 87.2 cm³/mol. The molecule has 0 bridgehead atoms. The molecule has 0 aliphatic carbocycles. The Bertz CT molecular complexity index is 847. The van der Waals surface area contributed by atoms with Gasteiger partial charge in [-0.3, -0.25) is 0 Å². The summed E-state index contributed by atoms with van der Waals surface area (Å²) in [5.41, 5.74) is 1.04. The number of fused-ring (bicyclic) bond motifs is 1. The largest absolute Gasteiger partial charge is 0.497 e. The minimum atomic E-state index is -0.510. The molecule has 0 radical (unpaired) electrons. The maximum absolute atomic E-state index is 11.8. The van der Waals surface area contributed by atoms with Crippen molar-refractivity contribution in [3.63, 3.8) is 0 Å². The molecule has 6 heteroatoms. The van der Waals surface area contributed by atoms with E-state index in [0.29, 0.717) is 11.2 Å². The van der Waals surface area contributed by atoms with E-state index >= 15 is 0 Å². The fourth-order valence-electron chi connectivity index (χ4n) is 2.25. The molecule has 0 spiro atoms. The van der Waals surface area contributed by atoms with Gasteiger partial charge in [0, 0.05) is 16.5 Å². The molecule has 3 aromatic rings. The summed E-state index contributed by atoms with van der Waals surface area (Å²) in [4.78, 5) is 11.8. The summed E-state index contributed by atoms with van der Waals surface area (Å²) in [6.07, 6.45) is 0. The van der Waals surface area contributed by atoms with Crippen molar-refractivity contribution in [2.24, 2.45) is 0 Å². The lowest BCUT2D eigenvalue weighted by molar-refractivity contribution is 0.0595. The number of esters is 1. The van der Waals surface area contributed by atoms with Crippen LogP contribution in [0.3, 0.4) is 0 Å². The van der Waals surface area contributed by atoms with Crippen molar-refractivity contribution < 1.29 is 14.3 Å². The summed E-state index contributed by atoms with van der Waals surface area (Å²) in [5, 5.41) is 12.8. The minimum Gasteiger partial charge on any atom is -0.497 e. The number of nitrogens with zero attached hydrogens (tertiary/aromatic N) is 2. The molecule has 1 aromatic heterocycles. The molecule has 0 fully saturated rings. The van der Waals surface area contributed by atoms with Gasteiger partial charge in [-0.1, -0.05) is 24.3 Å². The number of methoxy groups -OCH3 is 2. The highest BCUT2D eigenvalue weighted by Gasteiger charge is 2.15. The standard InChI is InChI=1S/C17H15N3O3/c1-22-12-9-7-11(8-10-12)18-16-14-6-4-3-5-13(14)15(19-20-16)17(21)23-2/h3-10H,1-2H3,(H,18,20). The van der Waals surface area contributed by atoms with Crippen molar-refractivity contribution in [2.45, 2.75) is 0 Å². The average Bonchev–Trinajstić information content (AvgIpc) is 2.62. The van der Waals surface area contributed by atoms with Gasteiger partial charge in [-0.15, -0.1) is 10.2 Å². The second-order valence-corrected chi connectivity index (χ2v) is 4.79. The number of aromatic nitrogens is 2. The second-order valence-electron chi connectivity index (χ2n) is 4.79. The van der Waals surface area contributed by atoms with Gasteiger partial charge < -0.3 is 14.8 Å². The van der Waals surface area contributed by atoms with Crippen LogP contribution in [0, 0.1) is 0 Å². The Hall–Kier alpha value is -3.15. The van der Waals surface area contributed by atoms with Crippen molar-refractivity contribution >= 4 is 28.2 Å². The Morgan fingerprint density at radius 1 is 0.957 bits per heavy atom. The highest BCUT2D eigenvalue weighted by Crippen LogP contribution is 2.26. The number of rotatable bonds is 4. The van der Waals surface area contributed by atoms with Crippen LogP contribution in [0.5, 0.6) is 5.75 Å². The topological polar surface area (TPSA) is 73.3 Å². The SMILES string of the molecule is COC(=O)c1nnc(Nc2ccc(OC)cc2)c2ccccc12. The van der Waals surface area contributed by atoms with E-state index in [2.05, 4.69) is 15.5 Å². The third-order valence-corrected chi connectivity index (χ3v) is 3.42. The fraction of sp³-hybridized carbons (Fsp3) is 0.118. The second kappa shape index (κ2) is 6.31. The summed E-state index contributed by atoms with van der Waals surface area (Å²) in [6.45, 7) is 0. The van der Waals surface area contributed by atoms with E-state index in [1.165, 1.54) is 7.11 Å². The van der Waals surface area contributed by atoms with Gasteiger partial charge in [-0.25, -0.2) is 4.79 Å². The number of anilines is 2. The molecule has 0 atom stereocenters. The van der Waals surface area contributed by atoms with Crippen LogP contribution in [0.25, 0.3) is 10.8 Å². The maximum atomic E-state index is 11.8. The first-order valence-electron chi connectivity index (χ1n) is 6.97. The summed E-state index contributed by atoms with van der Waals surface area (Å²) in [7, 11) is 2.94. The van der Waals surface area contributed by atoms with E-state index in [0.717, 1.165) is 16.8 Å². The van der Waals surface area contributed by atoms with Crippen LogP contribution in [0.1, 0.15) is 10.5 Å². The maximum Gasteiger partial charge on any atom is 0.359 e. The number of carbonyl (C=O) groups excluding carboxylic acids is 1. The molecular formula is C17H15N3O3. The first-order chi connectivity index (χ1) is 11.2. The van der Waals surface area contributed by atoms with Crippen molar-refractivity contribution in [3.8, 4) is 5.75 Å². The molecule has 0 aliphatic heterocycles. The molecule has 0 aliphatic rings. The van der Waals surface area contributed by atoms with Gasteiger partial charge in [0.1, 0.15) is 5.75 Å². The molecular weight excluding hydrogens is 294 g/mol. The van der Waals surface area contributed by atoms with E-state index in [1.54, 1.807) is 7.11 Å². The molecule has 1 N–H and O–H groups in total. The Balaban J connectivity index is 2.02. The highest BCUT2D eigenvalue weighted by atomic mass is 16.5. The van der Waals surface area contributed by atoms with Crippen LogP contribution in [0.4, 0.5) is 11.5 Å². The summed E-state index contributed by atoms with van der Waals surface area (Å²) in [6, 6.07) is 14.9. The van der Waals surface area contributed by atoms with Crippen LogP contribution >= 0.6 is 0 Å². The quantitative estimate of drug-likeness (QED) is 0.746. The number of ether oxygens (including phenoxy) is 2. The van der Waals surface area contributed by atoms with Gasteiger partial charge in [-0.05, 0) is 24.3 Å². The highest BCUT2D eigenvalue weighted by molar-refractivity contribution is 6.05. The Labute approximate surface area is 133 Å². The number of benzene rings is 2. The zero-order valence-corrected chi connectivity index (χ0v) is 12.7. The summed E-state index contributed by atoms with van der Waals surface area (Å²) < 4.78 is 9.89. The van der Waals surface area contributed by atoms with Gasteiger partial charge in [0.05, 0.1) is 14.2 Å². The van der Waals surface area contributed by atoms with Gasteiger partial charge in [0.2, 0.25) is 0 Å². The smallest absolute Gasteiger partial charge is 0.359 e. The number of nitrogens with one attached hydrogen (secondary N) is 1. The Morgan fingerprint density at radius 2 is 1.65 bits per heavy atom. The number of hydrogen-bond donors (Lipinski definition) is 1. The lowest BCUT2D eigenvalue weighted by Crippen LogP contribution is -2.08. The average molecular weight is 309 g/mol. The van der Waals surface area contributed by atoms with Crippen molar-refractivity contribution in [2.75, 3.05) is 19.5 Å². The third kappa shape index (κ3) is 2.91. The van der Waals surface area contributed by atoms with E-state index in [-0.39, 0.29) is 5.69 Å². The zero-order valence-electron chi connectivity index (χ0n) is 12.7. The molecule has 2 aromatic carbocycles. The predicted octanol–water partition coefficient (Wildman–Crippen LogP) is 3.17. The normalized spacial score (nSPS) is 10.3. The Kier molecular flexibility index (Phi) is 4.05. The monoisotopic (exact) mass is 309 g/mol. The fourth-order valence-corrected chi connectivity index (χ4v) is 2.25. The van der Waals surface area contributed by atoms with Crippen LogP contribution < -0.4 is 10.1 Å². The number of hydrogen-bond acceptors (Lipinski definition) is 6. The van der Waals surface area contributed by atoms with Gasteiger partial charge >= 0.3 is 5.97 Å². The Morgan fingerprint density at radius 3 is 2.30 bits per heavy atom. The zero-order chi connectivity index (χ0) is 16.2. The van der Waals surface area contributed by atoms with Gasteiger partial charge in [-0.2, -0.15) is 0 Å². The van der Waals surface area contributed by atoms with E-state index < -0.39 is 5.97 Å². The molecule has 3 rings (SSSR count). The summed E-state index contributed by atoms with van der Waals surface area (Å²) >= 11 is 0. The first kappa shape index (κ1) is 14.8. The third-order valence-electron chi connectivity index (χ3n) is 3.42. The molecule has 0 unspecified atom stereocenters. The molecule has 23 heavy (non-hydrogen) atoms. The molecule has 6 nitrogen and oxygen atoms in total. The van der Waals surface area contributed by atoms with Crippen molar-refractivity contribution in [1.82, 2.24) is 10.2 Å². The lowest BCUT2D eigenvalue weighted by Gasteiger charge is -2.10. The van der Waals surface area contributed by atoms with Crippen molar-refractivity contribution in [1.29, 1.82) is 0 Å². The molecule has 116 valence electrons. The van der Waals surface area contributed by atoms with E-state index in [9.17, 15) is 4.79 Å². The van der Waals surface area contributed by atoms with Crippen LogP contribution in [0.2, 0.25) is 0 Å². The van der Waals surface area contributed by atoms with Crippen LogP contribution in [-0.4, -0.2) is 30.4 Å².